The van der Waals surface area contributed by atoms with Crippen molar-refractivity contribution in [1.82, 2.24) is 10.2 Å². The summed E-state index contributed by atoms with van der Waals surface area (Å²) >= 11 is 0. The van der Waals surface area contributed by atoms with Crippen LogP contribution in [0.3, 0.4) is 0 Å². The van der Waals surface area contributed by atoms with Crippen LogP contribution in [-0.2, 0) is 4.79 Å². The van der Waals surface area contributed by atoms with E-state index < -0.39 is 0 Å². The highest BCUT2D eigenvalue weighted by Gasteiger charge is 2.40. The second-order valence-electron chi connectivity index (χ2n) is 6.49. The van der Waals surface area contributed by atoms with Gasteiger partial charge >= 0.3 is 0 Å². The van der Waals surface area contributed by atoms with E-state index in [1.807, 2.05) is 4.90 Å². The number of carbonyl (C=O) groups is 1. The highest BCUT2D eigenvalue weighted by molar-refractivity contribution is 5.73. The molecule has 1 aliphatic carbocycles. The number of hydrogen-bond acceptors (Lipinski definition) is 2. The van der Waals surface area contributed by atoms with E-state index >= 15 is 0 Å². The zero-order chi connectivity index (χ0) is 14.3. The van der Waals surface area contributed by atoms with Crippen molar-refractivity contribution in [1.29, 1.82) is 0 Å². The fraction of sp³-hybridized carbons (Fsp3) is 0.588. The van der Waals surface area contributed by atoms with Gasteiger partial charge in [0.2, 0.25) is 5.91 Å². The van der Waals surface area contributed by atoms with Crippen LogP contribution in [0, 0.1) is 5.92 Å². The minimum atomic E-state index is 0.0892. The molecule has 0 saturated carbocycles. The molecule has 0 aromatic rings. The van der Waals surface area contributed by atoms with Gasteiger partial charge in [-0.25, -0.2) is 0 Å². The Bertz CT molecular complexity index is 521. The number of fused-ring (bicyclic) bond motifs is 1. The lowest BCUT2D eigenvalue weighted by atomic mass is 9.77. The molecule has 1 amide bonds. The second-order valence-corrected chi connectivity index (χ2v) is 6.49. The van der Waals surface area contributed by atoms with E-state index in [2.05, 4.69) is 37.4 Å². The number of carbonyl (C=O) groups excluding carboxylic acids is 1. The molecule has 1 N–H and O–H groups in total. The smallest absolute Gasteiger partial charge is 0.219 e. The molecule has 0 aromatic heterocycles. The van der Waals surface area contributed by atoms with Gasteiger partial charge < -0.3 is 10.2 Å². The maximum atomic E-state index is 11.5. The lowest BCUT2D eigenvalue weighted by molar-refractivity contribution is -0.130. The van der Waals surface area contributed by atoms with Crippen LogP contribution in [0.4, 0.5) is 0 Å². The molecule has 3 nitrogen and oxygen atoms in total. The highest BCUT2D eigenvalue weighted by atomic mass is 16.2. The average molecular weight is 272 g/mol. The van der Waals surface area contributed by atoms with Crippen molar-refractivity contribution in [2.75, 3.05) is 13.1 Å². The molecular weight excluding hydrogens is 248 g/mol. The summed E-state index contributed by atoms with van der Waals surface area (Å²) in [5.74, 6) is 0.807. The highest BCUT2D eigenvalue weighted by Crippen LogP contribution is 2.44. The van der Waals surface area contributed by atoms with Crippen molar-refractivity contribution in [3.05, 3.63) is 35.1 Å². The quantitative estimate of drug-likeness (QED) is 0.796. The van der Waals surface area contributed by atoms with Crippen molar-refractivity contribution in [2.45, 2.75) is 45.6 Å². The van der Waals surface area contributed by atoms with Crippen molar-refractivity contribution >= 4 is 5.91 Å². The maximum Gasteiger partial charge on any atom is 0.219 e. The maximum absolute atomic E-state index is 11.5. The molecule has 1 fully saturated rings. The molecule has 3 heteroatoms. The Hall–Kier alpha value is -1.51. The molecule has 1 saturated heterocycles. The summed E-state index contributed by atoms with van der Waals surface area (Å²) in [7, 11) is 0. The summed E-state index contributed by atoms with van der Waals surface area (Å²) in [4.78, 5) is 13.4. The van der Waals surface area contributed by atoms with Crippen molar-refractivity contribution in [3.63, 3.8) is 0 Å². The summed E-state index contributed by atoms with van der Waals surface area (Å²) < 4.78 is 0. The SMILES string of the molecule is CC(=O)N1CCC(C2=C(C)NC3(C)CC=CC=C23)CC1. The number of likely N-dealkylation sites (tertiary alicyclic amines) is 1. The van der Waals surface area contributed by atoms with Crippen molar-refractivity contribution in [2.24, 2.45) is 5.92 Å². The summed E-state index contributed by atoms with van der Waals surface area (Å²) in [6.45, 7) is 7.97. The predicted molar refractivity (Wildman–Crippen MR) is 81.1 cm³/mol. The monoisotopic (exact) mass is 272 g/mol. The molecule has 0 spiro atoms. The van der Waals surface area contributed by atoms with Gasteiger partial charge in [0.25, 0.3) is 0 Å². The fourth-order valence-electron chi connectivity index (χ4n) is 3.96. The summed E-state index contributed by atoms with van der Waals surface area (Å²) in [5.41, 5.74) is 4.41. The van der Waals surface area contributed by atoms with E-state index in [1.165, 1.54) is 16.8 Å². The van der Waals surface area contributed by atoms with Crippen molar-refractivity contribution in [3.8, 4) is 0 Å². The van der Waals surface area contributed by atoms with Gasteiger partial charge in [0, 0.05) is 25.7 Å². The van der Waals surface area contributed by atoms with Gasteiger partial charge in [0.1, 0.15) is 0 Å². The summed E-state index contributed by atoms with van der Waals surface area (Å²) in [5, 5.41) is 3.69. The molecule has 3 rings (SSSR count). The topological polar surface area (TPSA) is 32.3 Å². The predicted octanol–water partition coefficient (Wildman–Crippen LogP) is 2.77. The van der Waals surface area contributed by atoms with Gasteiger partial charge in [-0.3, -0.25) is 4.79 Å². The molecular formula is C17H24N2O. The third kappa shape index (κ3) is 2.09. The average Bonchev–Trinajstić information content (AvgIpc) is 2.68. The van der Waals surface area contributed by atoms with Crippen molar-refractivity contribution < 1.29 is 4.79 Å². The van der Waals surface area contributed by atoms with Gasteiger partial charge in [-0.15, -0.1) is 0 Å². The minimum absolute atomic E-state index is 0.0892. The molecule has 3 aliphatic rings. The number of allylic oxidation sites excluding steroid dienone is 3. The van der Waals surface area contributed by atoms with E-state index in [0.717, 1.165) is 32.4 Å². The van der Waals surface area contributed by atoms with E-state index in [4.69, 9.17) is 0 Å². The van der Waals surface area contributed by atoms with E-state index in [-0.39, 0.29) is 11.4 Å². The van der Waals surface area contributed by atoms with E-state index in [1.54, 1.807) is 6.92 Å². The number of rotatable bonds is 1. The number of nitrogens with one attached hydrogen (secondary N) is 1. The first kappa shape index (κ1) is 13.5. The molecule has 1 atom stereocenters. The van der Waals surface area contributed by atoms with Gasteiger partial charge in [-0.2, -0.15) is 0 Å². The van der Waals surface area contributed by atoms with Crippen LogP contribution >= 0.6 is 0 Å². The molecule has 1 unspecified atom stereocenters. The van der Waals surface area contributed by atoms with E-state index in [0.29, 0.717) is 5.92 Å². The molecule has 20 heavy (non-hydrogen) atoms. The Morgan fingerprint density at radius 2 is 2.10 bits per heavy atom. The van der Waals surface area contributed by atoms with Gasteiger partial charge in [-0.05, 0) is 50.2 Å². The number of amides is 1. The molecule has 0 aromatic carbocycles. The van der Waals surface area contributed by atoms with Crippen LogP contribution < -0.4 is 5.32 Å². The second kappa shape index (κ2) is 4.80. The van der Waals surface area contributed by atoms with E-state index in [9.17, 15) is 4.79 Å². The van der Waals surface area contributed by atoms with Crippen LogP contribution in [0.2, 0.25) is 0 Å². The number of hydrogen-bond donors (Lipinski definition) is 1. The molecule has 108 valence electrons. The van der Waals surface area contributed by atoms with Crippen LogP contribution in [0.25, 0.3) is 0 Å². The standard InChI is InChI=1S/C17H24N2O/c1-12-16(14-7-10-19(11-8-14)13(2)20)15-6-4-5-9-17(15,3)18-12/h4-6,14,18H,7-11H2,1-3H3. The Balaban J connectivity index is 1.81. The minimum Gasteiger partial charge on any atom is -0.379 e. The van der Waals surface area contributed by atoms with Gasteiger partial charge in [-0.1, -0.05) is 18.2 Å². The molecule has 2 heterocycles. The summed E-state index contributed by atoms with van der Waals surface area (Å²) in [6.07, 6.45) is 9.94. The van der Waals surface area contributed by atoms with Crippen LogP contribution in [0.5, 0.6) is 0 Å². The molecule has 0 bridgehead atoms. The fourth-order valence-corrected chi connectivity index (χ4v) is 3.96. The first-order chi connectivity index (χ1) is 9.51. The molecule has 2 aliphatic heterocycles. The first-order valence-electron chi connectivity index (χ1n) is 7.63. The zero-order valence-corrected chi connectivity index (χ0v) is 12.7. The third-order valence-corrected chi connectivity index (χ3v) is 5.03. The van der Waals surface area contributed by atoms with Gasteiger partial charge in [0.15, 0.2) is 0 Å². The normalized spacial score (nSPS) is 30.1. The Labute approximate surface area is 121 Å². The van der Waals surface area contributed by atoms with Crippen LogP contribution in [-0.4, -0.2) is 29.4 Å². The Morgan fingerprint density at radius 3 is 2.75 bits per heavy atom. The Kier molecular flexibility index (Phi) is 3.23. The largest absolute Gasteiger partial charge is 0.379 e. The van der Waals surface area contributed by atoms with Gasteiger partial charge in [0.05, 0.1) is 5.54 Å². The lowest BCUT2D eigenvalue weighted by Gasteiger charge is -2.34. The Morgan fingerprint density at radius 1 is 1.40 bits per heavy atom. The molecule has 0 radical (unpaired) electrons. The first-order valence-corrected chi connectivity index (χ1v) is 7.63. The number of piperidine rings is 1. The number of nitrogens with zero attached hydrogens (tertiary/aromatic N) is 1. The summed E-state index contributed by atoms with van der Waals surface area (Å²) in [6, 6.07) is 0. The van der Waals surface area contributed by atoms with Crippen LogP contribution in [0.15, 0.2) is 35.1 Å². The third-order valence-electron chi connectivity index (χ3n) is 5.03. The lowest BCUT2D eigenvalue weighted by Crippen LogP contribution is -2.39. The van der Waals surface area contributed by atoms with Crippen LogP contribution in [0.1, 0.15) is 40.0 Å². The zero-order valence-electron chi connectivity index (χ0n) is 12.7.